The fourth-order valence-corrected chi connectivity index (χ4v) is 2.82. The van der Waals surface area contributed by atoms with Gasteiger partial charge in [-0.15, -0.1) is 13.2 Å². The van der Waals surface area contributed by atoms with Crippen molar-refractivity contribution in [2.75, 3.05) is 6.26 Å². The molecule has 1 aliphatic rings. The third-order valence-electron chi connectivity index (χ3n) is 3.45. The zero-order valence-electron chi connectivity index (χ0n) is 13.8. The number of ether oxygens (including phenoxy) is 2. The van der Waals surface area contributed by atoms with Crippen molar-refractivity contribution in [1.82, 2.24) is 4.98 Å². The molecule has 1 atom stereocenters. The Morgan fingerprint density at radius 3 is 2.33 bits per heavy atom. The van der Waals surface area contributed by atoms with E-state index in [1.54, 1.807) is 0 Å². The van der Waals surface area contributed by atoms with Crippen LogP contribution in [0.4, 0.5) is 13.2 Å². The van der Waals surface area contributed by atoms with Gasteiger partial charge in [-0.2, -0.15) is 0 Å². The lowest BCUT2D eigenvalue weighted by atomic mass is 10.1. The highest BCUT2D eigenvalue weighted by atomic mass is 32.2. The largest absolute Gasteiger partial charge is 0.573 e. The monoisotopic (exact) mass is 402 g/mol. The van der Waals surface area contributed by atoms with Gasteiger partial charge in [0.25, 0.3) is 0 Å². The standard InChI is InChI=1S/C16H13F3N2O5S/c1-27(22,23)15-7-6-12(9-20-15)24-14-8-13(26-21-14)10-2-4-11(5-3-10)25-16(17,18)19/h2-7,9,13H,8H2,1H3/t13-/m1/s1. The van der Waals surface area contributed by atoms with Gasteiger partial charge in [-0.25, -0.2) is 13.4 Å². The van der Waals surface area contributed by atoms with E-state index < -0.39 is 22.3 Å². The average molecular weight is 402 g/mol. The van der Waals surface area contributed by atoms with Crippen LogP contribution in [-0.2, 0) is 14.7 Å². The van der Waals surface area contributed by atoms with E-state index in [0.717, 1.165) is 6.26 Å². The maximum Gasteiger partial charge on any atom is 0.573 e. The molecule has 0 unspecified atom stereocenters. The molecule has 0 amide bonds. The number of benzene rings is 1. The predicted octanol–water partition coefficient (Wildman–Crippen LogP) is 3.24. The number of hydrogen-bond acceptors (Lipinski definition) is 7. The molecule has 0 bridgehead atoms. The van der Waals surface area contributed by atoms with Crippen LogP contribution in [0.3, 0.4) is 0 Å². The van der Waals surface area contributed by atoms with Crippen LogP contribution < -0.4 is 9.47 Å². The van der Waals surface area contributed by atoms with Gasteiger partial charge in [0.15, 0.2) is 21.0 Å². The topological polar surface area (TPSA) is 87.1 Å². The lowest BCUT2D eigenvalue weighted by Crippen LogP contribution is -2.17. The molecule has 1 aliphatic heterocycles. The highest BCUT2D eigenvalue weighted by Gasteiger charge is 2.31. The number of oxime groups is 1. The summed E-state index contributed by atoms with van der Waals surface area (Å²) in [5, 5.41) is 3.69. The second kappa shape index (κ2) is 7.06. The molecule has 0 radical (unpaired) electrons. The second-order valence-corrected chi connectivity index (χ2v) is 7.57. The van der Waals surface area contributed by atoms with Gasteiger partial charge >= 0.3 is 6.36 Å². The van der Waals surface area contributed by atoms with Crippen LogP contribution in [0.15, 0.2) is 52.8 Å². The number of nitrogens with zero attached hydrogens (tertiary/aromatic N) is 2. The number of hydrogen-bond donors (Lipinski definition) is 0. The molecule has 3 rings (SSSR count). The van der Waals surface area contributed by atoms with Gasteiger partial charge in [-0.05, 0) is 29.8 Å². The molecule has 0 saturated heterocycles. The SMILES string of the molecule is CS(=O)(=O)c1ccc(OC2=NO[C@@H](c3ccc(OC(F)(F)F)cc3)C2)cn1. The summed E-state index contributed by atoms with van der Waals surface area (Å²) in [6.07, 6.45) is -2.75. The Bertz CT molecular complexity index is 942. The first kappa shape index (κ1) is 19.0. The summed E-state index contributed by atoms with van der Waals surface area (Å²) >= 11 is 0. The van der Waals surface area contributed by atoms with E-state index in [4.69, 9.17) is 9.57 Å². The lowest BCUT2D eigenvalue weighted by molar-refractivity contribution is -0.274. The van der Waals surface area contributed by atoms with Crippen molar-refractivity contribution in [2.24, 2.45) is 5.16 Å². The Kier molecular flexibility index (Phi) is 4.96. The molecule has 0 saturated carbocycles. The molecule has 7 nitrogen and oxygen atoms in total. The smallest absolute Gasteiger partial charge is 0.438 e. The van der Waals surface area contributed by atoms with Crippen LogP contribution in [-0.4, -0.2) is 31.9 Å². The number of alkyl halides is 3. The number of sulfone groups is 1. The molecule has 144 valence electrons. The summed E-state index contributed by atoms with van der Waals surface area (Å²) in [6.45, 7) is 0. The summed E-state index contributed by atoms with van der Waals surface area (Å²) in [5.74, 6) is 0.169. The number of pyridine rings is 1. The minimum Gasteiger partial charge on any atom is -0.438 e. The summed E-state index contributed by atoms with van der Waals surface area (Å²) in [4.78, 5) is 9.02. The van der Waals surface area contributed by atoms with Crippen molar-refractivity contribution in [3.63, 3.8) is 0 Å². The van der Waals surface area contributed by atoms with Gasteiger partial charge in [0.05, 0.1) is 12.6 Å². The summed E-state index contributed by atoms with van der Waals surface area (Å²) < 4.78 is 68.5. The van der Waals surface area contributed by atoms with Crippen molar-refractivity contribution in [2.45, 2.75) is 23.9 Å². The molecule has 0 spiro atoms. The van der Waals surface area contributed by atoms with Crippen LogP contribution in [0.25, 0.3) is 0 Å². The molecule has 1 aromatic carbocycles. The molecular formula is C16H13F3N2O5S. The second-order valence-electron chi connectivity index (χ2n) is 5.61. The zero-order valence-corrected chi connectivity index (χ0v) is 14.6. The van der Waals surface area contributed by atoms with Gasteiger partial charge in [0.2, 0.25) is 5.90 Å². The number of aromatic nitrogens is 1. The molecule has 2 aromatic rings. The zero-order chi connectivity index (χ0) is 19.7. The molecular weight excluding hydrogens is 389 g/mol. The van der Waals surface area contributed by atoms with Crippen molar-refractivity contribution < 1.29 is 35.9 Å². The normalized spacial score (nSPS) is 17.2. The molecule has 1 aromatic heterocycles. The minimum atomic E-state index is -4.75. The number of halogens is 3. The van der Waals surface area contributed by atoms with E-state index in [1.165, 1.54) is 42.6 Å². The van der Waals surface area contributed by atoms with Crippen molar-refractivity contribution in [3.8, 4) is 11.5 Å². The average Bonchev–Trinajstić information content (AvgIpc) is 3.02. The van der Waals surface area contributed by atoms with E-state index in [1.807, 2.05) is 0 Å². The Morgan fingerprint density at radius 2 is 1.78 bits per heavy atom. The Balaban J connectivity index is 1.60. The number of rotatable bonds is 4. The van der Waals surface area contributed by atoms with Gasteiger partial charge in [0.1, 0.15) is 11.5 Å². The van der Waals surface area contributed by atoms with E-state index >= 15 is 0 Å². The summed E-state index contributed by atoms with van der Waals surface area (Å²) in [5.41, 5.74) is 0.595. The van der Waals surface area contributed by atoms with E-state index in [9.17, 15) is 21.6 Å². The minimum absolute atomic E-state index is 0.0847. The third-order valence-corrected chi connectivity index (χ3v) is 4.45. The Labute approximate surface area is 152 Å². The van der Waals surface area contributed by atoms with Gasteiger partial charge < -0.3 is 14.3 Å². The van der Waals surface area contributed by atoms with Gasteiger partial charge in [0, 0.05) is 6.26 Å². The van der Waals surface area contributed by atoms with E-state index in [2.05, 4.69) is 14.9 Å². The van der Waals surface area contributed by atoms with Crippen LogP contribution >= 0.6 is 0 Å². The van der Waals surface area contributed by atoms with Gasteiger partial charge in [-0.3, -0.25) is 0 Å². The van der Waals surface area contributed by atoms with Crippen LogP contribution in [0.1, 0.15) is 18.1 Å². The molecule has 2 heterocycles. The van der Waals surface area contributed by atoms with Crippen LogP contribution in [0.5, 0.6) is 11.5 Å². The van der Waals surface area contributed by atoms with E-state index in [0.29, 0.717) is 5.56 Å². The van der Waals surface area contributed by atoms with Crippen molar-refractivity contribution in [1.29, 1.82) is 0 Å². The molecule has 0 aliphatic carbocycles. The maximum atomic E-state index is 12.2. The third kappa shape index (κ3) is 5.09. The molecule has 11 heteroatoms. The van der Waals surface area contributed by atoms with E-state index in [-0.39, 0.29) is 28.8 Å². The molecule has 0 N–H and O–H groups in total. The Morgan fingerprint density at radius 1 is 1.11 bits per heavy atom. The maximum absolute atomic E-state index is 12.2. The fourth-order valence-electron chi connectivity index (χ4n) is 2.26. The molecule has 27 heavy (non-hydrogen) atoms. The summed E-state index contributed by atoms with van der Waals surface area (Å²) in [6, 6.07) is 7.97. The first-order valence-corrected chi connectivity index (χ1v) is 9.42. The summed E-state index contributed by atoms with van der Waals surface area (Å²) in [7, 11) is -3.41. The predicted molar refractivity (Wildman–Crippen MR) is 87.0 cm³/mol. The van der Waals surface area contributed by atoms with Gasteiger partial charge in [-0.1, -0.05) is 17.3 Å². The van der Waals surface area contributed by atoms with Crippen molar-refractivity contribution >= 4 is 15.7 Å². The fraction of sp³-hybridized carbons (Fsp3) is 0.250. The first-order chi connectivity index (χ1) is 12.6. The first-order valence-electron chi connectivity index (χ1n) is 7.52. The van der Waals surface area contributed by atoms with Crippen LogP contribution in [0, 0.1) is 0 Å². The van der Waals surface area contributed by atoms with Crippen molar-refractivity contribution in [3.05, 3.63) is 48.2 Å². The Hall–Kier alpha value is -2.82. The highest BCUT2D eigenvalue weighted by Crippen LogP contribution is 2.30. The quantitative estimate of drug-likeness (QED) is 0.780. The van der Waals surface area contributed by atoms with Crippen LogP contribution in [0.2, 0.25) is 0 Å². The lowest BCUT2D eigenvalue weighted by Gasteiger charge is -2.11. The molecule has 0 fully saturated rings. The highest BCUT2D eigenvalue weighted by molar-refractivity contribution is 7.90.